The molecule has 1 aliphatic carbocycles. The normalized spacial score (nSPS) is 16.6. The predicted octanol–water partition coefficient (Wildman–Crippen LogP) is 2.16. The number of nitrogens with zero attached hydrogens (tertiary/aromatic N) is 1. The number of carbonyl (C=O) groups is 2. The molecule has 120 valence electrons. The molecule has 0 aliphatic heterocycles. The molecule has 1 saturated carbocycles. The van der Waals surface area contributed by atoms with E-state index in [0.29, 0.717) is 12.1 Å². The standard InChI is InChI=1S/C15H18F2N2O3/c1-10(20)19(2)12-6-4-11(5-7-12)18-13(21)15(16,17)14(22)8-3-9-14/h4-7,22H,3,8-9H2,1-2H3,(H,18,21). The molecule has 2 rings (SSSR count). The molecule has 22 heavy (non-hydrogen) atoms. The molecule has 2 N–H and O–H groups in total. The maximum absolute atomic E-state index is 13.9. The molecule has 2 amide bonds. The number of carbonyl (C=O) groups excluding carboxylic acids is 2. The fourth-order valence-electron chi connectivity index (χ4n) is 2.20. The van der Waals surface area contributed by atoms with Crippen LogP contribution in [0.4, 0.5) is 20.2 Å². The third kappa shape index (κ3) is 2.81. The van der Waals surface area contributed by atoms with Crippen LogP contribution in [0.3, 0.4) is 0 Å². The lowest BCUT2D eigenvalue weighted by molar-refractivity contribution is -0.212. The van der Waals surface area contributed by atoms with Gasteiger partial charge in [-0.1, -0.05) is 0 Å². The Balaban J connectivity index is 2.07. The minimum atomic E-state index is -3.83. The molecule has 0 atom stereocenters. The Morgan fingerprint density at radius 1 is 1.27 bits per heavy atom. The van der Waals surface area contributed by atoms with Crippen LogP contribution in [-0.2, 0) is 9.59 Å². The van der Waals surface area contributed by atoms with Crippen LogP contribution in [0.2, 0.25) is 0 Å². The van der Waals surface area contributed by atoms with Gasteiger partial charge in [-0.05, 0) is 43.5 Å². The minimum absolute atomic E-state index is 0.0875. The fourth-order valence-corrected chi connectivity index (χ4v) is 2.20. The summed E-state index contributed by atoms with van der Waals surface area (Å²) < 4.78 is 27.9. The van der Waals surface area contributed by atoms with Crippen LogP contribution in [-0.4, -0.2) is 35.5 Å². The SMILES string of the molecule is CC(=O)N(C)c1ccc(NC(=O)C(F)(F)C2(O)CCC2)cc1. The van der Waals surface area contributed by atoms with Crippen molar-refractivity contribution in [2.24, 2.45) is 0 Å². The van der Waals surface area contributed by atoms with Crippen LogP contribution >= 0.6 is 0 Å². The van der Waals surface area contributed by atoms with E-state index in [1.807, 2.05) is 0 Å². The highest BCUT2D eigenvalue weighted by Crippen LogP contribution is 2.44. The monoisotopic (exact) mass is 312 g/mol. The van der Waals surface area contributed by atoms with Crippen LogP contribution in [0.1, 0.15) is 26.2 Å². The van der Waals surface area contributed by atoms with Crippen molar-refractivity contribution in [1.82, 2.24) is 0 Å². The fraction of sp³-hybridized carbons (Fsp3) is 0.467. The Hall–Kier alpha value is -2.02. The zero-order valence-corrected chi connectivity index (χ0v) is 12.4. The molecule has 5 nitrogen and oxygen atoms in total. The number of alkyl halides is 2. The second-order valence-electron chi connectivity index (χ2n) is 5.54. The lowest BCUT2D eigenvalue weighted by atomic mass is 9.75. The summed E-state index contributed by atoms with van der Waals surface area (Å²) in [7, 11) is 1.58. The van der Waals surface area contributed by atoms with E-state index < -0.39 is 17.4 Å². The van der Waals surface area contributed by atoms with Crippen molar-refractivity contribution >= 4 is 23.2 Å². The van der Waals surface area contributed by atoms with Gasteiger partial charge in [0.15, 0.2) is 0 Å². The maximum atomic E-state index is 13.9. The van der Waals surface area contributed by atoms with E-state index in [4.69, 9.17) is 0 Å². The van der Waals surface area contributed by atoms with E-state index in [1.54, 1.807) is 7.05 Å². The predicted molar refractivity (Wildman–Crippen MR) is 77.9 cm³/mol. The molecule has 1 fully saturated rings. The zero-order valence-electron chi connectivity index (χ0n) is 12.4. The van der Waals surface area contributed by atoms with Gasteiger partial charge < -0.3 is 15.3 Å². The lowest BCUT2D eigenvalue weighted by Gasteiger charge is -2.41. The van der Waals surface area contributed by atoms with E-state index in [-0.39, 0.29) is 24.4 Å². The van der Waals surface area contributed by atoms with Crippen molar-refractivity contribution in [1.29, 1.82) is 0 Å². The second kappa shape index (κ2) is 5.64. The average molecular weight is 312 g/mol. The Kier molecular flexibility index (Phi) is 4.19. The smallest absolute Gasteiger partial charge is 0.352 e. The topological polar surface area (TPSA) is 69.6 Å². The second-order valence-corrected chi connectivity index (χ2v) is 5.54. The first kappa shape index (κ1) is 16.4. The van der Waals surface area contributed by atoms with Gasteiger partial charge in [0.05, 0.1) is 0 Å². The summed E-state index contributed by atoms with van der Waals surface area (Å²) in [5.74, 6) is -5.53. The molecule has 1 aliphatic rings. The van der Waals surface area contributed by atoms with Gasteiger partial charge in [-0.3, -0.25) is 9.59 Å². The van der Waals surface area contributed by atoms with Crippen LogP contribution in [0.25, 0.3) is 0 Å². The summed E-state index contributed by atoms with van der Waals surface area (Å²) in [5.41, 5.74) is -1.49. The largest absolute Gasteiger partial charge is 0.383 e. The summed E-state index contributed by atoms with van der Waals surface area (Å²) >= 11 is 0. The van der Waals surface area contributed by atoms with E-state index >= 15 is 0 Å². The summed E-state index contributed by atoms with van der Waals surface area (Å²) in [5, 5.41) is 11.8. The lowest BCUT2D eigenvalue weighted by Crippen LogP contribution is -2.59. The summed E-state index contributed by atoms with van der Waals surface area (Å²) in [6.45, 7) is 1.40. The number of hydrogen-bond donors (Lipinski definition) is 2. The van der Waals surface area contributed by atoms with Gasteiger partial charge in [-0.25, -0.2) is 0 Å². The molecule has 0 unspecified atom stereocenters. The van der Waals surface area contributed by atoms with Crippen molar-refractivity contribution in [3.05, 3.63) is 24.3 Å². The Morgan fingerprint density at radius 3 is 2.23 bits per heavy atom. The Bertz CT molecular complexity index is 583. The molecular weight excluding hydrogens is 294 g/mol. The van der Waals surface area contributed by atoms with Gasteiger partial charge in [0.25, 0.3) is 5.91 Å². The van der Waals surface area contributed by atoms with E-state index in [1.165, 1.54) is 36.1 Å². The van der Waals surface area contributed by atoms with Gasteiger partial charge in [0, 0.05) is 25.3 Å². The summed E-state index contributed by atoms with van der Waals surface area (Å²) in [6, 6.07) is 5.92. The van der Waals surface area contributed by atoms with Crippen LogP contribution in [0, 0.1) is 0 Å². The highest BCUT2D eigenvalue weighted by molar-refractivity contribution is 5.97. The molecule has 0 saturated heterocycles. The molecule has 0 bridgehead atoms. The van der Waals surface area contributed by atoms with Crippen LogP contribution in [0.15, 0.2) is 24.3 Å². The number of benzene rings is 1. The first-order valence-electron chi connectivity index (χ1n) is 6.93. The highest BCUT2D eigenvalue weighted by Gasteiger charge is 2.61. The van der Waals surface area contributed by atoms with Gasteiger partial charge >= 0.3 is 5.92 Å². The third-order valence-corrected chi connectivity index (χ3v) is 4.04. The van der Waals surface area contributed by atoms with Crippen molar-refractivity contribution in [3.8, 4) is 0 Å². The zero-order chi connectivity index (χ0) is 16.5. The van der Waals surface area contributed by atoms with Gasteiger partial charge in [0.2, 0.25) is 5.91 Å². The molecule has 0 aromatic heterocycles. The summed E-state index contributed by atoms with van der Waals surface area (Å²) in [6.07, 6.45) is 0.303. The van der Waals surface area contributed by atoms with E-state index in [9.17, 15) is 23.5 Å². The van der Waals surface area contributed by atoms with Crippen molar-refractivity contribution in [2.45, 2.75) is 37.7 Å². The Labute approximate surface area is 126 Å². The number of hydrogen-bond acceptors (Lipinski definition) is 3. The minimum Gasteiger partial charge on any atom is -0.383 e. The molecular formula is C15H18F2N2O3. The molecule has 7 heteroatoms. The number of rotatable bonds is 4. The van der Waals surface area contributed by atoms with Crippen LogP contribution in [0.5, 0.6) is 0 Å². The van der Waals surface area contributed by atoms with E-state index in [2.05, 4.69) is 5.32 Å². The number of nitrogens with one attached hydrogen (secondary N) is 1. The molecule has 0 radical (unpaired) electrons. The van der Waals surface area contributed by atoms with Crippen molar-refractivity contribution < 1.29 is 23.5 Å². The van der Waals surface area contributed by atoms with Crippen molar-refractivity contribution in [3.63, 3.8) is 0 Å². The summed E-state index contributed by atoms with van der Waals surface area (Å²) in [4.78, 5) is 24.3. The van der Waals surface area contributed by atoms with Gasteiger partial charge in [-0.15, -0.1) is 0 Å². The first-order chi connectivity index (χ1) is 10.2. The molecule has 1 aromatic rings. The van der Waals surface area contributed by atoms with E-state index in [0.717, 1.165) is 0 Å². The average Bonchev–Trinajstić information content (AvgIpc) is 2.44. The Morgan fingerprint density at radius 2 is 1.82 bits per heavy atom. The van der Waals surface area contributed by atoms with Gasteiger partial charge in [-0.2, -0.15) is 8.78 Å². The number of amides is 2. The first-order valence-corrected chi connectivity index (χ1v) is 6.93. The number of aliphatic hydroxyl groups is 1. The molecule has 0 spiro atoms. The number of anilines is 2. The third-order valence-electron chi connectivity index (χ3n) is 4.04. The maximum Gasteiger partial charge on any atom is 0.352 e. The molecule has 1 aromatic carbocycles. The quantitative estimate of drug-likeness (QED) is 0.895. The number of halogens is 2. The van der Waals surface area contributed by atoms with Crippen LogP contribution < -0.4 is 10.2 Å². The van der Waals surface area contributed by atoms with Gasteiger partial charge in [0.1, 0.15) is 5.60 Å². The highest BCUT2D eigenvalue weighted by atomic mass is 19.3. The van der Waals surface area contributed by atoms with Crippen molar-refractivity contribution in [2.75, 3.05) is 17.3 Å². The molecule has 0 heterocycles.